The molecule has 5 heteroatoms. The maximum atomic E-state index is 11.3. The first-order valence-corrected chi connectivity index (χ1v) is 7.58. The van der Waals surface area contributed by atoms with Crippen molar-refractivity contribution in [2.75, 3.05) is 12.4 Å². The molecule has 1 aliphatic carbocycles. The van der Waals surface area contributed by atoms with Crippen molar-refractivity contribution in [2.24, 2.45) is 11.3 Å². The van der Waals surface area contributed by atoms with Crippen LogP contribution in [0.15, 0.2) is 0 Å². The van der Waals surface area contributed by atoms with Crippen LogP contribution >= 0.6 is 11.3 Å². The quantitative estimate of drug-likeness (QED) is 0.852. The number of anilines is 1. The van der Waals surface area contributed by atoms with Gasteiger partial charge in [-0.15, -0.1) is 11.3 Å². The lowest BCUT2D eigenvalue weighted by atomic mass is 9.72. The van der Waals surface area contributed by atoms with Gasteiger partial charge in [-0.1, -0.05) is 20.8 Å². The van der Waals surface area contributed by atoms with Gasteiger partial charge < -0.3 is 4.74 Å². The highest BCUT2D eigenvalue weighted by Gasteiger charge is 2.32. The number of thiophene rings is 1. The van der Waals surface area contributed by atoms with E-state index in [9.17, 15) is 10.1 Å². The highest BCUT2D eigenvalue weighted by Crippen LogP contribution is 2.43. The van der Waals surface area contributed by atoms with E-state index in [1.54, 1.807) is 0 Å². The van der Waals surface area contributed by atoms with Crippen molar-refractivity contribution in [3.8, 4) is 6.07 Å². The maximum Gasteiger partial charge on any atom is 0.411 e. The molecular formula is C15H20N2O2S. The SMILES string of the molecule is COC(=O)Nc1sc2c(c1C#N)CC[C@@H](C(C)(C)C)C2. The van der Waals surface area contributed by atoms with Gasteiger partial charge in [0.15, 0.2) is 0 Å². The fraction of sp³-hybridized carbons (Fsp3) is 0.600. The number of nitrogens with zero attached hydrogens (tertiary/aromatic N) is 1. The van der Waals surface area contributed by atoms with Crippen molar-refractivity contribution >= 4 is 22.4 Å². The van der Waals surface area contributed by atoms with Crippen molar-refractivity contribution in [1.82, 2.24) is 0 Å². The molecular weight excluding hydrogens is 272 g/mol. The van der Waals surface area contributed by atoms with Crippen LogP contribution in [-0.4, -0.2) is 13.2 Å². The van der Waals surface area contributed by atoms with Crippen molar-refractivity contribution in [3.05, 3.63) is 16.0 Å². The Morgan fingerprint density at radius 1 is 1.50 bits per heavy atom. The second-order valence-corrected chi connectivity index (χ2v) is 7.35. The van der Waals surface area contributed by atoms with Gasteiger partial charge in [0.1, 0.15) is 11.1 Å². The van der Waals surface area contributed by atoms with Crippen molar-refractivity contribution in [2.45, 2.75) is 40.0 Å². The Hall–Kier alpha value is -1.54. The van der Waals surface area contributed by atoms with Gasteiger partial charge in [0, 0.05) is 4.88 Å². The summed E-state index contributed by atoms with van der Waals surface area (Å²) in [5.41, 5.74) is 2.00. The van der Waals surface area contributed by atoms with E-state index < -0.39 is 6.09 Å². The molecule has 1 heterocycles. The van der Waals surface area contributed by atoms with Crippen LogP contribution in [-0.2, 0) is 17.6 Å². The lowest BCUT2D eigenvalue weighted by Gasteiger charge is -2.33. The second-order valence-electron chi connectivity index (χ2n) is 6.24. The summed E-state index contributed by atoms with van der Waals surface area (Å²) in [5, 5.41) is 12.6. The summed E-state index contributed by atoms with van der Waals surface area (Å²) in [5.74, 6) is 0.617. The number of methoxy groups -OCH3 is 1. The number of nitrogens with one attached hydrogen (secondary N) is 1. The minimum atomic E-state index is -0.521. The Balaban J connectivity index is 2.31. The van der Waals surface area contributed by atoms with Gasteiger partial charge in [-0.3, -0.25) is 5.32 Å². The zero-order chi connectivity index (χ0) is 14.9. The number of rotatable bonds is 1. The largest absolute Gasteiger partial charge is 0.453 e. The molecule has 0 unspecified atom stereocenters. The number of carbonyl (C=O) groups excluding carboxylic acids is 1. The summed E-state index contributed by atoms with van der Waals surface area (Å²) in [6.07, 6.45) is 2.48. The monoisotopic (exact) mass is 292 g/mol. The predicted octanol–water partition coefficient (Wildman–Crippen LogP) is 3.95. The fourth-order valence-electron chi connectivity index (χ4n) is 2.68. The van der Waals surface area contributed by atoms with Crippen LogP contribution in [0.5, 0.6) is 0 Å². The third-order valence-corrected chi connectivity index (χ3v) is 5.17. The minimum absolute atomic E-state index is 0.268. The molecule has 1 atom stereocenters. The molecule has 4 nitrogen and oxygen atoms in total. The molecule has 0 bridgehead atoms. The average molecular weight is 292 g/mol. The molecule has 0 fully saturated rings. The van der Waals surface area contributed by atoms with Crippen molar-refractivity contribution in [3.63, 3.8) is 0 Å². The van der Waals surface area contributed by atoms with Gasteiger partial charge in [0.05, 0.1) is 12.7 Å². The topological polar surface area (TPSA) is 62.1 Å². The van der Waals surface area contributed by atoms with E-state index >= 15 is 0 Å². The Labute approximate surface area is 123 Å². The van der Waals surface area contributed by atoms with E-state index in [1.807, 2.05) is 0 Å². The summed E-state index contributed by atoms with van der Waals surface area (Å²) < 4.78 is 4.61. The van der Waals surface area contributed by atoms with E-state index in [0.29, 0.717) is 16.5 Å². The molecule has 0 aliphatic heterocycles. The van der Waals surface area contributed by atoms with Crippen LogP contribution in [0.25, 0.3) is 0 Å². The summed E-state index contributed by atoms with van der Waals surface area (Å²) in [7, 11) is 1.32. The number of hydrogen-bond acceptors (Lipinski definition) is 4. The van der Waals surface area contributed by atoms with Crippen LogP contribution in [0.3, 0.4) is 0 Å². The predicted molar refractivity (Wildman–Crippen MR) is 80.0 cm³/mol. The molecule has 0 saturated heterocycles. The van der Waals surface area contributed by atoms with Gasteiger partial charge in [-0.2, -0.15) is 5.26 Å². The second kappa shape index (κ2) is 5.45. The molecule has 108 valence electrons. The van der Waals surface area contributed by atoms with Gasteiger partial charge in [0.25, 0.3) is 0 Å². The summed E-state index contributed by atoms with van der Waals surface area (Å²) in [4.78, 5) is 12.6. The maximum absolute atomic E-state index is 11.3. The fourth-order valence-corrected chi connectivity index (χ4v) is 3.94. The zero-order valence-electron chi connectivity index (χ0n) is 12.4. The normalized spacial score (nSPS) is 18.1. The van der Waals surface area contributed by atoms with Gasteiger partial charge in [-0.05, 0) is 36.2 Å². The van der Waals surface area contributed by atoms with Gasteiger partial charge in [0.2, 0.25) is 0 Å². The molecule has 1 amide bonds. The van der Waals surface area contributed by atoms with Crippen LogP contribution in [0.1, 0.15) is 43.2 Å². The molecule has 2 rings (SSSR count). The molecule has 20 heavy (non-hydrogen) atoms. The Bertz CT molecular complexity index is 564. The third-order valence-electron chi connectivity index (χ3n) is 4.00. The zero-order valence-corrected chi connectivity index (χ0v) is 13.2. The van der Waals surface area contributed by atoms with Gasteiger partial charge in [-0.25, -0.2) is 4.79 Å². The molecule has 0 spiro atoms. The highest BCUT2D eigenvalue weighted by molar-refractivity contribution is 7.16. The van der Waals surface area contributed by atoms with Crippen LogP contribution in [0.2, 0.25) is 0 Å². The van der Waals surface area contributed by atoms with E-state index in [4.69, 9.17) is 0 Å². The summed E-state index contributed by atoms with van der Waals surface area (Å²) in [6.45, 7) is 6.78. The smallest absolute Gasteiger partial charge is 0.411 e. The molecule has 0 saturated carbocycles. The van der Waals surface area contributed by atoms with Crippen LogP contribution in [0.4, 0.5) is 9.80 Å². The first-order chi connectivity index (χ1) is 9.36. The van der Waals surface area contributed by atoms with E-state index in [1.165, 1.54) is 23.3 Å². The van der Waals surface area contributed by atoms with E-state index in [-0.39, 0.29) is 5.41 Å². The number of ether oxygens (including phenoxy) is 1. The highest BCUT2D eigenvalue weighted by atomic mass is 32.1. The Morgan fingerprint density at radius 3 is 2.75 bits per heavy atom. The number of amides is 1. The molecule has 0 radical (unpaired) electrons. The van der Waals surface area contributed by atoms with Crippen LogP contribution < -0.4 is 5.32 Å². The van der Waals surface area contributed by atoms with E-state index in [2.05, 4.69) is 36.9 Å². The average Bonchev–Trinajstić information content (AvgIpc) is 2.73. The van der Waals surface area contributed by atoms with Crippen LogP contribution in [0, 0.1) is 22.7 Å². The van der Waals surface area contributed by atoms with Gasteiger partial charge >= 0.3 is 6.09 Å². The molecule has 1 aliphatic rings. The number of fused-ring (bicyclic) bond motifs is 1. The molecule has 1 aromatic rings. The van der Waals surface area contributed by atoms with E-state index in [0.717, 1.165) is 24.8 Å². The lowest BCUT2D eigenvalue weighted by molar-refractivity contribution is 0.187. The Morgan fingerprint density at radius 2 is 2.20 bits per heavy atom. The first kappa shape index (κ1) is 14.9. The number of nitriles is 1. The van der Waals surface area contributed by atoms with Crippen molar-refractivity contribution in [1.29, 1.82) is 5.26 Å². The summed E-state index contributed by atoms with van der Waals surface area (Å²) in [6, 6.07) is 2.23. The summed E-state index contributed by atoms with van der Waals surface area (Å²) >= 11 is 1.52. The van der Waals surface area contributed by atoms with Crippen molar-refractivity contribution < 1.29 is 9.53 Å². The Kier molecular flexibility index (Phi) is 4.05. The number of hydrogen-bond donors (Lipinski definition) is 1. The third kappa shape index (κ3) is 2.80. The molecule has 0 aromatic carbocycles. The first-order valence-electron chi connectivity index (χ1n) is 6.76. The minimum Gasteiger partial charge on any atom is -0.453 e. The molecule has 1 aromatic heterocycles. The number of carbonyl (C=O) groups is 1. The standard InChI is InChI=1S/C15H20N2O2S/c1-15(2,3)9-5-6-10-11(8-16)13(17-14(18)19-4)20-12(10)7-9/h9H,5-7H2,1-4H3,(H,17,18)/t9-/m1/s1. The lowest BCUT2D eigenvalue weighted by Crippen LogP contribution is -2.26. The molecule has 1 N–H and O–H groups in total.